The van der Waals surface area contributed by atoms with Crippen LogP contribution >= 0.6 is 0 Å². The number of non-ortho nitro benzene ring substituents is 1. The lowest BCUT2D eigenvalue weighted by molar-refractivity contribution is -0.383. The van der Waals surface area contributed by atoms with E-state index in [9.17, 15) is 14.9 Å². The summed E-state index contributed by atoms with van der Waals surface area (Å²) >= 11 is 0. The van der Waals surface area contributed by atoms with Gasteiger partial charge in [0.15, 0.2) is 0 Å². The summed E-state index contributed by atoms with van der Waals surface area (Å²) in [5.74, 6) is 0.0176. The van der Waals surface area contributed by atoms with Gasteiger partial charge in [-0.05, 0) is 18.6 Å². The van der Waals surface area contributed by atoms with Gasteiger partial charge < -0.3 is 0 Å². The van der Waals surface area contributed by atoms with Crippen LogP contribution < -0.4 is 0 Å². The summed E-state index contributed by atoms with van der Waals surface area (Å²) < 4.78 is 0. The number of fused-ring (bicyclic) bond motifs is 1. The van der Waals surface area contributed by atoms with Gasteiger partial charge in [0.1, 0.15) is 11.3 Å². The molecule has 0 saturated heterocycles. The minimum absolute atomic E-state index is 0.0176. The molecule has 0 amide bonds. The first-order valence-electron chi connectivity index (χ1n) is 5.10. The summed E-state index contributed by atoms with van der Waals surface area (Å²) in [6.45, 7) is 1.49. The van der Waals surface area contributed by atoms with Crippen molar-refractivity contribution in [3.63, 3.8) is 0 Å². The van der Waals surface area contributed by atoms with Crippen molar-refractivity contribution in [2.45, 2.75) is 13.3 Å². The minimum Gasteiger partial charge on any atom is -0.300 e. The second-order valence-corrected chi connectivity index (χ2v) is 3.78. The topological polar surface area (TPSA) is 73.1 Å². The molecule has 0 radical (unpaired) electrons. The second kappa shape index (κ2) is 4.29. The van der Waals surface area contributed by atoms with Gasteiger partial charge in [0.2, 0.25) is 0 Å². The van der Waals surface area contributed by atoms with Gasteiger partial charge in [-0.25, -0.2) is 4.98 Å². The zero-order valence-electron chi connectivity index (χ0n) is 9.21. The number of para-hydroxylation sites is 1. The standard InChI is InChI=1S/C12H10N2O3/c1-8(15)7-9-5-6-13-12-10(9)3-2-4-11(12)14(16)17/h2-6H,7H2,1H3. The summed E-state index contributed by atoms with van der Waals surface area (Å²) in [4.78, 5) is 25.5. The lowest BCUT2D eigenvalue weighted by Crippen LogP contribution is -1.99. The smallest absolute Gasteiger partial charge is 0.295 e. The van der Waals surface area contributed by atoms with E-state index < -0.39 is 4.92 Å². The molecule has 0 aliphatic carbocycles. The highest BCUT2D eigenvalue weighted by molar-refractivity contribution is 5.92. The van der Waals surface area contributed by atoms with Crippen LogP contribution in [0.25, 0.3) is 10.9 Å². The molecule has 2 rings (SSSR count). The fourth-order valence-electron chi connectivity index (χ4n) is 1.79. The summed E-state index contributed by atoms with van der Waals surface area (Å²) in [6, 6.07) is 6.47. The Hall–Kier alpha value is -2.30. The van der Waals surface area contributed by atoms with Crippen molar-refractivity contribution in [2.75, 3.05) is 0 Å². The van der Waals surface area contributed by atoms with E-state index in [2.05, 4.69) is 4.98 Å². The van der Waals surface area contributed by atoms with Gasteiger partial charge in [-0.2, -0.15) is 0 Å². The Morgan fingerprint density at radius 2 is 2.18 bits per heavy atom. The van der Waals surface area contributed by atoms with Crippen LogP contribution in [-0.2, 0) is 11.2 Å². The van der Waals surface area contributed by atoms with Crippen LogP contribution in [0, 0.1) is 10.1 Å². The van der Waals surface area contributed by atoms with Crippen molar-refractivity contribution in [2.24, 2.45) is 0 Å². The molecule has 5 heteroatoms. The Balaban J connectivity index is 2.69. The van der Waals surface area contributed by atoms with Gasteiger partial charge >= 0.3 is 0 Å². The molecule has 86 valence electrons. The number of ketones is 1. The van der Waals surface area contributed by atoms with Crippen LogP contribution in [0.4, 0.5) is 5.69 Å². The van der Waals surface area contributed by atoms with E-state index in [1.165, 1.54) is 19.2 Å². The van der Waals surface area contributed by atoms with Gasteiger partial charge in [-0.1, -0.05) is 12.1 Å². The van der Waals surface area contributed by atoms with Crippen molar-refractivity contribution in [3.8, 4) is 0 Å². The zero-order chi connectivity index (χ0) is 12.4. The third-order valence-electron chi connectivity index (χ3n) is 2.48. The van der Waals surface area contributed by atoms with E-state index in [1.807, 2.05) is 0 Å². The molecule has 0 spiro atoms. The third-order valence-corrected chi connectivity index (χ3v) is 2.48. The van der Waals surface area contributed by atoms with Crippen LogP contribution in [0.15, 0.2) is 30.5 Å². The van der Waals surface area contributed by atoms with Crippen LogP contribution in [0.5, 0.6) is 0 Å². The van der Waals surface area contributed by atoms with Crippen LogP contribution in [0.1, 0.15) is 12.5 Å². The molecule has 17 heavy (non-hydrogen) atoms. The fraction of sp³-hybridized carbons (Fsp3) is 0.167. The Kier molecular flexibility index (Phi) is 2.82. The Morgan fingerprint density at radius 3 is 2.82 bits per heavy atom. The lowest BCUT2D eigenvalue weighted by Gasteiger charge is -2.04. The quantitative estimate of drug-likeness (QED) is 0.598. The predicted octanol–water partition coefficient (Wildman–Crippen LogP) is 2.27. The molecule has 1 aromatic carbocycles. The molecule has 0 bridgehead atoms. The number of carbonyl (C=O) groups is 1. The van der Waals surface area contributed by atoms with Gasteiger partial charge in [-0.15, -0.1) is 0 Å². The van der Waals surface area contributed by atoms with Crippen molar-refractivity contribution >= 4 is 22.4 Å². The van der Waals surface area contributed by atoms with E-state index in [0.29, 0.717) is 10.9 Å². The minimum atomic E-state index is -0.465. The number of Topliss-reactive ketones (excluding diaryl/α,β-unsaturated/α-hetero) is 1. The predicted molar refractivity (Wildman–Crippen MR) is 62.8 cm³/mol. The number of nitro groups is 1. The molecule has 2 aromatic rings. The summed E-state index contributed by atoms with van der Waals surface area (Å²) in [6.07, 6.45) is 1.76. The molecule has 0 aliphatic heterocycles. The van der Waals surface area contributed by atoms with Crippen molar-refractivity contribution in [1.29, 1.82) is 0 Å². The molecule has 0 unspecified atom stereocenters. The van der Waals surface area contributed by atoms with Gasteiger partial charge in [0.05, 0.1) is 4.92 Å². The highest BCUT2D eigenvalue weighted by atomic mass is 16.6. The molecular formula is C12H10N2O3. The molecule has 5 nitrogen and oxygen atoms in total. The number of pyridine rings is 1. The van der Waals surface area contributed by atoms with E-state index in [0.717, 1.165) is 5.56 Å². The average molecular weight is 230 g/mol. The highest BCUT2D eigenvalue weighted by Crippen LogP contribution is 2.25. The number of hydrogen-bond acceptors (Lipinski definition) is 4. The number of carbonyl (C=O) groups excluding carboxylic acids is 1. The molecule has 0 fully saturated rings. The van der Waals surface area contributed by atoms with Crippen LogP contribution in [0.3, 0.4) is 0 Å². The third kappa shape index (κ3) is 2.13. The number of aromatic nitrogens is 1. The normalized spacial score (nSPS) is 10.4. The maximum atomic E-state index is 11.1. The molecule has 1 heterocycles. The molecule has 0 aliphatic rings. The molecule has 0 saturated carbocycles. The molecule has 0 N–H and O–H groups in total. The highest BCUT2D eigenvalue weighted by Gasteiger charge is 2.14. The van der Waals surface area contributed by atoms with Crippen molar-refractivity contribution < 1.29 is 9.72 Å². The fourth-order valence-corrected chi connectivity index (χ4v) is 1.79. The number of hydrogen-bond donors (Lipinski definition) is 0. The summed E-state index contributed by atoms with van der Waals surface area (Å²) in [7, 11) is 0. The molecule has 1 aromatic heterocycles. The number of benzene rings is 1. The van der Waals surface area contributed by atoms with Crippen LogP contribution in [-0.4, -0.2) is 15.7 Å². The molecule has 0 atom stereocenters. The Labute approximate surface area is 97.2 Å². The van der Waals surface area contributed by atoms with E-state index in [1.54, 1.807) is 18.2 Å². The summed E-state index contributed by atoms with van der Waals surface area (Å²) in [5, 5.41) is 11.5. The number of nitro benzene ring substituents is 1. The second-order valence-electron chi connectivity index (χ2n) is 3.78. The lowest BCUT2D eigenvalue weighted by atomic mass is 10.0. The van der Waals surface area contributed by atoms with Gasteiger partial charge in [0.25, 0.3) is 5.69 Å². The first kappa shape index (κ1) is 11.2. The maximum absolute atomic E-state index is 11.1. The number of nitrogens with zero attached hydrogens (tertiary/aromatic N) is 2. The SMILES string of the molecule is CC(=O)Cc1ccnc2c([N+](=O)[O-])cccc12. The van der Waals surface area contributed by atoms with E-state index >= 15 is 0 Å². The van der Waals surface area contributed by atoms with E-state index in [4.69, 9.17) is 0 Å². The first-order chi connectivity index (χ1) is 8.09. The summed E-state index contributed by atoms with van der Waals surface area (Å²) in [5.41, 5.74) is 1.07. The number of rotatable bonds is 3. The largest absolute Gasteiger partial charge is 0.300 e. The average Bonchev–Trinajstić information content (AvgIpc) is 2.28. The van der Waals surface area contributed by atoms with Crippen LogP contribution in [0.2, 0.25) is 0 Å². The Bertz CT molecular complexity index is 608. The van der Waals surface area contributed by atoms with Gasteiger partial charge in [0, 0.05) is 24.1 Å². The first-order valence-corrected chi connectivity index (χ1v) is 5.10. The van der Waals surface area contributed by atoms with Crippen molar-refractivity contribution in [1.82, 2.24) is 4.98 Å². The molecular weight excluding hydrogens is 220 g/mol. The van der Waals surface area contributed by atoms with Gasteiger partial charge in [-0.3, -0.25) is 14.9 Å². The van der Waals surface area contributed by atoms with Crippen molar-refractivity contribution in [3.05, 3.63) is 46.1 Å². The Morgan fingerprint density at radius 1 is 1.41 bits per heavy atom. The van der Waals surface area contributed by atoms with E-state index in [-0.39, 0.29) is 17.9 Å². The maximum Gasteiger partial charge on any atom is 0.295 e. The monoisotopic (exact) mass is 230 g/mol. The zero-order valence-corrected chi connectivity index (χ0v) is 9.21.